The first-order valence-electron chi connectivity index (χ1n) is 10.4. The number of urea groups is 1. The van der Waals surface area contributed by atoms with Gasteiger partial charge in [-0.15, -0.1) is 0 Å². The van der Waals surface area contributed by atoms with Gasteiger partial charge in [-0.25, -0.2) is 4.79 Å². The largest absolute Gasteiger partial charge is 0.368 e. The van der Waals surface area contributed by atoms with Crippen molar-refractivity contribution in [2.24, 2.45) is 0 Å². The van der Waals surface area contributed by atoms with E-state index < -0.39 is 0 Å². The Morgan fingerprint density at radius 3 is 2.27 bits per heavy atom. The Morgan fingerprint density at radius 2 is 1.67 bits per heavy atom. The number of rotatable bonds is 6. The van der Waals surface area contributed by atoms with Crippen molar-refractivity contribution in [1.29, 1.82) is 0 Å². The third kappa shape index (κ3) is 5.45. The summed E-state index contributed by atoms with van der Waals surface area (Å²) in [5.74, 6) is 0.0353. The second kappa shape index (κ2) is 10.3. The number of hydrogen-bond acceptors (Lipinski definition) is 3. The van der Waals surface area contributed by atoms with Crippen LogP contribution in [0.2, 0.25) is 5.02 Å². The molecule has 0 saturated carbocycles. The average Bonchev–Trinajstić information content (AvgIpc) is 2.78. The number of halogens is 1. The van der Waals surface area contributed by atoms with E-state index in [1.807, 2.05) is 67.3 Å². The summed E-state index contributed by atoms with van der Waals surface area (Å²) in [6, 6.07) is 15.2. The summed E-state index contributed by atoms with van der Waals surface area (Å²) in [5.41, 5.74) is 2.73. The van der Waals surface area contributed by atoms with Crippen molar-refractivity contribution in [1.82, 2.24) is 15.1 Å². The highest BCUT2D eigenvalue weighted by atomic mass is 35.5. The van der Waals surface area contributed by atoms with Crippen LogP contribution in [0.4, 0.5) is 10.5 Å². The summed E-state index contributed by atoms with van der Waals surface area (Å²) in [6.07, 6.45) is 0. The van der Waals surface area contributed by atoms with Gasteiger partial charge in [0.25, 0.3) is 5.91 Å². The van der Waals surface area contributed by atoms with Crippen LogP contribution in [-0.2, 0) is 6.54 Å². The lowest BCUT2D eigenvalue weighted by molar-refractivity contribution is 0.0773. The van der Waals surface area contributed by atoms with Crippen LogP contribution in [0, 0.1) is 0 Å². The van der Waals surface area contributed by atoms with E-state index in [-0.39, 0.29) is 11.9 Å². The first-order valence-corrected chi connectivity index (χ1v) is 10.8. The number of hydrogen-bond donors (Lipinski definition) is 1. The number of amides is 3. The van der Waals surface area contributed by atoms with Crippen molar-refractivity contribution in [3.8, 4) is 0 Å². The summed E-state index contributed by atoms with van der Waals surface area (Å²) < 4.78 is 0. The van der Waals surface area contributed by atoms with Crippen LogP contribution in [0.1, 0.15) is 29.8 Å². The second-order valence-electron chi connectivity index (χ2n) is 7.29. The zero-order valence-electron chi connectivity index (χ0n) is 17.6. The Kier molecular flexibility index (Phi) is 7.57. The Hall–Kier alpha value is -2.73. The van der Waals surface area contributed by atoms with Gasteiger partial charge in [-0.1, -0.05) is 29.8 Å². The second-order valence-corrected chi connectivity index (χ2v) is 7.72. The predicted octanol–water partition coefficient (Wildman–Crippen LogP) is 3.85. The molecule has 1 fully saturated rings. The van der Waals surface area contributed by atoms with Gasteiger partial charge in [0, 0.05) is 62.1 Å². The first-order chi connectivity index (χ1) is 14.5. The maximum Gasteiger partial charge on any atom is 0.317 e. The Balaban J connectivity index is 1.47. The van der Waals surface area contributed by atoms with Crippen molar-refractivity contribution < 1.29 is 9.59 Å². The van der Waals surface area contributed by atoms with E-state index in [1.54, 1.807) is 4.90 Å². The normalized spacial score (nSPS) is 13.8. The van der Waals surface area contributed by atoms with Crippen LogP contribution in [0.25, 0.3) is 0 Å². The van der Waals surface area contributed by atoms with Crippen molar-refractivity contribution in [3.63, 3.8) is 0 Å². The van der Waals surface area contributed by atoms with Gasteiger partial charge in [0.2, 0.25) is 0 Å². The minimum Gasteiger partial charge on any atom is -0.368 e. The molecule has 2 aromatic rings. The fourth-order valence-electron chi connectivity index (χ4n) is 3.59. The third-order valence-corrected chi connectivity index (χ3v) is 5.67. The zero-order chi connectivity index (χ0) is 21.5. The minimum absolute atomic E-state index is 0.0353. The number of carbonyl (C=O) groups is 2. The number of carbonyl (C=O) groups excluding carboxylic acids is 2. The van der Waals surface area contributed by atoms with E-state index in [4.69, 9.17) is 11.6 Å². The predicted molar refractivity (Wildman–Crippen MR) is 121 cm³/mol. The highest BCUT2D eigenvalue weighted by Gasteiger charge is 2.21. The number of anilines is 1. The molecule has 1 N–H and O–H groups in total. The monoisotopic (exact) mass is 428 g/mol. The molecule has 7 heteroatoms. The van der Waals surface area contributed by atoms with Gasteiger partial charge in [0.05, 0.1) is 0 Å². The number of piperazine rings is 1. The van der Waals surface area contributed by atoms with Gasteiger partial charge in [-0.3, -0.25) is 4.79 Å². The van der Waals surface area contributed by atoms with Crippen LogP contribution in [0.5, 0.6) is 0 Å². The average molecular weight is 429 g/mol. The fourth-order valence-corrected chi connectivity index (χ4v) is 3.77. The molecule has 30 heavy (non-hydrogen) atoms. The summed E-state index contributed by atoms with van der Waals surface area (Å²) in [4.78, 5) is 30.8. The van der Waals surface area contributed by atoms with Crippen molar-refractivity contribution in [2.75, 3.05) is 44.2 Å². The molecule has 0 bridgehead atoms. The molecule has 2 aromatic carbocycles. The SMILES string of the molecule is CCN(CC)C(=O)c1ccc(CNC(=O)N2CCN(c3cccc(Cl)c3)CC2)cc1. The highest BCUT2D eigenvalue weighted by Crippen LogP contribution is 2.20. The lowest BCUT2D eigenvalue weighted by Crippen LogP contribution is -2.51. The van der Waals surface area contributed by atoms with Gasteiger partial charge in [-0.05, 0) is 49.7 Å². The molecule has 0 radical (unpaired) electrons. The van der Waals surface area contributed by atoms with Crippen LogP contribution < -0.4 is 10.2 Å². The maximum absolute atomic E-state index is 12.5. The smallest absolute Gasteiger partial charge is 0.317 e. The first kappa shape index (κ1) is 22.0. The number of nitrogens with one attached hydrogen (secondary N) is 1. The molecule has 6 nitrogen and oxygen atoms in total. The Morgan fingerprint density at radius 1 is 1.00 bits per heavy atom. The molecule has 1 aliphatic rings. The molecule has 1 aliphatic heterocycles. The third-order valence-electron chi connectivity index (χ3n) is 5.44. The number of benzene rings is 2. The van der Waals surface area contributed by atoms with Gasteiger partial charge in [0.1, 0.15) is 0 Å². The molecule has 1 heterocycles. The summed E-state index contributed by atoms with van der Waals surface area (Å²) in [5, 5.41) is 3.70. The van der Waals surface area contributed by atoms with Crippen molar-refractivity contribution in [3.05, 3.63) is 64.7 Å². The lowest BCUT2D eigenvalue weighted by atomic mass is 10.1. The zero-order valence-corrected chi connectivity index (χ0v) is 18.4. The van der Waals surface area contributed by atoms with E-state index in [1.165, 1.54) is 0 Å². The van der Waals surface area contributed by atoms with Gasteiger partial charge in [-0.2, -0.15) is 0 Å². The van der Waals surface area contributed by atoms with E-state index in [0.717, 1.165) is 29.4 Å². The van der Waals surface area contributed by atoms with Crippen molar-refractivity contribution >= 4 is 29.2 Å². The molecule has 0 atom stereocenters. The van der Waals surface area contributed by atoms with Crippen molar-refractivity contribution in [2.45, 2.75) is 20.4 Å². The van der Waals surface area contributed by atoms with E-state index in [2.05, 4.69) is 10.2 Å². The van der Waals surface area contributed by atoms with Gasteiger partial charge < -0.3 is 20.0 Å². The molecule has 0 aromatic heterocycles. The van der Waals surface area contributed by atoms with Crippen LogP contribution in [0.15, 0.2) is 48.5 Å². The van der Waals surface area contributed by atoms with E-state index >= 15 is 0 Å². The van der Waals surface area contributed by atoms with Crippen LogP contribution >= 0.6 is 11.6 Å². The topological polar surface area (TPSA) is 55.9 Å². The molecular weight excluding hydrogens is 400 g/mol. The summed E-state index contributed by atoms with van der Waals surface area (Å²) in [7, 11) is 0. The molecule has 3 amide bonds. The standard InChI is InChI=1S/C23H29ClN4O2/c1-3-26(4-2)22(29)19-10-8-18(9-11-19)17-25-23(30)28-14-12-27(13-15-28)21-7-5-6-20(24)16-21/h5-11,16H,3-4,12-15,17H2,1-2H3,(H,25,30). The fraction of sp³-hybridized carbons (Fsp3) is 0.391. The van der Waals surface area contributed by atoms with E-state index in [9.17, 15) is 9.59 Å². The summed E-state index contributed by atoms with van der Waals surface area (Å²) >= 11 is 6.08. The molecule has 0 aliphatic carbocycles. The highest BCUT2D eigenvalue weighted by molar-refractivity contribution is 6.30. The molecule has 3 rings (SSSR count). The summed E-state index contributed by atoms with van der Waals surface area (Å²) in [6.45, 7) is 8.64. The van der Waals surface area contributed by atoms with E-state index in [0.29, 0.717) is 38.3 Å². The lowest BCUT2D eigenvalue weighted by Gasteiger charge is -2.36. The van der Waals surface area contributed by atoms with Crippen LogP contribution in [0.3, 0.4) is 0 Å². The molecule has 0 spiro atoms. The minimum atomic E-state index is -0.0657. The molecular formula is C23H29ClN4O2. The molecule has 160 valence electrons. The maximum atomic E-state index is 12.5. The Bertz CT molecular complexity index is 860. The molecule has 1 saturated heterocycles. The Labute approximate surface area is 183 Å². The van der Waals surface area contributed by atoms with Gasteiger partial charge in [0.15, 0.2) is 0 Å². The quantitative estimate of drug-likeness (QED) is 0.760. The number of nitrogens with zero attached hydrogens (tertiary/aromatic N) is 3. The molecule has 0 unspecified atom stereocenters. The van der Waals surface area contributed by atoms with Crippen LogP contribution in [-0.4, -0.2) is 61.0 Å². The van der Waals surface area contributed by atoms with Gasteiger partial charge >= 0.3 is 6.03 Å².